The highest BCUT2D eigenvalue weighted by Crippen LogP contribution is 2.36. The second kappa shape index (κ2) is 6.37. The first-order valence-electron chi connectivity index (χ1n) is 6.53. The molecule has 0 aromatic rings. The third kappa shape index (κ3) is 4.61. The maximum absolute atomic E-state index is 13.7. The number of rotatable bonds is 4. The Bertz CT molecular complexity index is 403. The van der Waals surface area contributed by atoms with E-state index >= 15 is 0 Å². The van der Waals surface area contributed by atoms with Crippen molar-refractivity contribution in [2.75, 3.05) is 19.6 Å². The van der Waals surface area contributed by atoms with Crippen molar-refractivity contribution in [1.29, 1.82) is 0 Å². The zero-order valence-electron chi connectivity index (χ0n) is 12.0. The van der Waals surface area contributed by atoms with Crippen LogP contribution in [0.15, 0.2) is 5.11 Å². The minimum atomic E-state index is -2.82. The molecule has 1 aliphatic rings. The van der Waals surface area contributed by atoms with Gasteiger partial charge in [0.05, 0.1) is 5.41 Å². The van der Waals surface area contributed by atoms with E-state index in [1.807, 2.05) is 0 Å². The van der Waals surface area contributed by atoms with Crippen LogP contribution in [-0.2, 0) is 9.63 Å². The Balaban J connectivity index is 2.61. The Hall–Kier alpha value is -1.40. The van der Waals surface area contributed by atoms with Gasteiger partial charge in [0.2, 0.25) is 0 Å². The van der Waals surface area contributed by atoms with Gasteiger partial charge in [-0.3, -0.25) is 0 Å². The molecule has 1 rings (SSSR count). The molecular weight excluding hydrogens is 270 g/mol. The predicted molar refractivity (Wildman–Crippen MR) is 68.8 cm³/mol. The summed E-state index contributed by atoms with van der Waals surface area (Å²) in [5.41, 5.74) is 7.50. The minimum absolute atomic E-state index is 0.00678. The van der Waals surface area contributed by atoms with Gasteiger partial charge in [0.1, 0.15) is 0 Å². The maximum Gasteiger partial charge on any atom is 0.330 e. The number of hydroxylamine groups is 2. The summed E-state index contributed by atoms with van der Waals surface area (Å²) in [6, 6.07) is 0. The van der Waals surface area contributed by atoms with Crippen LogP contribution < -0.4 is 0 Å². The molecule has 1 unspecified atom stereocenters. The summed E-state index contributed by atoms with van der Waals surface area (Å²) in [5, 5.41) is 4.56. The molecular formula is C12H20F2N4O2. The summed E-state index contributed by atoms with van der Waals surface area (Å²) in [6.07, 6.45) is -0.300. The van der Waals surface area contributed by atoms with E-state index in [2.05, 4.69) is 10.0 Å². The van der Waals surface area contributed by atoms with Crippen molar-refractivity contribution in [3.8, 4) is 0 Å². The van der Waals surface area contributed by atoms with Crippen molar-refractivity contribution in [2.24, 2.45) is 16.4 Å². The van der Waals surface area contributed by atoms with Crippen LogP contribution in [0.1, 0.15) is 33.6 Å². The highest BCUT2D eigenvalue weighted by Gasteiger charge is 2.44. The predicted octanol–water partition coefficient (Wildman–Crippen LogP) is 3.15. The lowest BCUT2D eigenvalue weighted by Crippen LogP contribution is -2.48. The summed E-state index contributed by atoms with van der Waals surface area (Å²) in [6.45, 7) is 5.08. The molecule has 0 saturated carbocycles. The van der Waals surface area contributed by atoms with Crippen molar-refractivity contribution in [3.63, 3.8) is 0 Å². The molecule has 8 heteroatoms. The summed E-state index contributed by atoms with van der Waals surface area (Å²) >= 11 is 0. The van der Waals surface area contributed by atoms with E-state index in [4.69, 9.17) is 10.4 Å². The van der Waals surface area contributed by atoms with Crippen LogP contribution in [0.4, 0.5) is 8.78 Å². The van der Waals surface area contributed by atoms with E-state index in [1.54, 1.807) is 20.8 Å². The average molecular weight is 290 g/mol. The van der Waals surface area contributed by atoms with Gasteiger partial charge in [0.25, 0.3) is 5.92 Å². The van der Waals surface area contributed by atoms with Crippen LogP contribution in [-0.4, -0.2) is 36.6 Å². The van der Waals surface area contributed by atoms with Crippen LogP contribution in [0.2, 0.25) is 0 Å². The van der Waals surface area contributed by atoms with Gasteiger partial charge in [-0.15, -0.1) is 5.06 Å². The normalized spacial score (nSPS) is 22.9. The molecule has 0 aromatic carbocycles. The Morgan fingerprint density at radius 1 is 1.55 bits per heavy atom. The second-order valence-corrected chi connectivity index (χ2v) is 5.97. The SMILES string of the molecule is CC(C)(C)C(=O)ON1CCC(F)(F)C(CCN=[N+]=[N-])C1. The largest absolute Gasteiger partial charge is 0.367 e. The third-order valence-electron chi connectivity index (χ3n) is 3.18. The molecule has 0 bridgehead atoms. The minimum Gasteiger partial charge on any atom is -0.367 e. The zero-order chi connectivity index (χ0) is 15.4. The van der Waals surface area contributed by atoms with E-state index in [0.29, 0.717) is 0 Å². The first kappa shape index (κ1) is 16.7. The summed E-state index contributed by atoms with van der Waals surface area (Å²) in [7, 11) is 0. The molecule has 1 aliphatic heterocycles. The van der Waals surface area contributed by atoms with Gasteiger partial charge in [-0.05, 0) is 32.7 Å². The van der Waals surface area contributed by atoms with E-state index < -0.39 is 23.2 Å². The molecule has 1 heterocycles. The molecule has 6 nitrogen and oxygen atoms in total. The fourth-order valence-corrected chi connectivity index (χ4v) is 1.85. The van der Waals surface area contributed by atoms with Crippen molar-refractivity contribution >= 4 is 5.97 Å². The third-order valence-corrected chi connectivity index (χ3v) is 3.18. The van der Waals surface area contributed by atoms with E-state index in [-0.39, 0.29) is 32.5 Å². The summed E-state index contributed by atoms with van der Waals surface area (Å²) in [5.74, 6) is -4.25. The number of halogens is 2. The first-order chi connectivity index (χ1) is 9.16. The zero-order valence-corrected chi connectivity index (χ0v) is 12.0. The molecule has 0 aliphatic carbocycles. The maximum atomic E-state index is 13.7. The van der Waals surface area contributed by atoms with Gasteiger partial charge in [0, 0.05) is 36.9 Å². The standard InChI is InChI=1S/C12H20F2N4O2/c1-11(2,3)10(19)20-18-7-5-12(13,14)9(8-18)4-6-16-17-15/h9H,4-8H2,1-3H3. The monoisotopic (exact) mass is 290 g/mol. The lowest BCUT2D eigenvalue weighted by Gasteiger charge is -2.37. The van der Waals surface area contributed by atoms with Gasteiger partial charge >= 0.3 is 5.97 Å². The van der Waals surface area contributed by atoms with Crippen molar-refractivity contribution in [3.05, 3.63) is 10.4 Å². The number of alkyl halides is 2. The van der Waals surface area contributed by atoms with Crippen LogP contribution in [0, 0.1) is 11.3 Å². The van der Waals surface area contributed by atoms with Gasteiger partial charge < -0.3 is 4.84 Å². The van der Waals surface area contributed by atoms with E-state index in [0.717, 1.165) is 0 Å². The van der Waals surface area contributed by atoms with Gasteiger partial charge in [-0.1, -0.05) is 5.11 Å². The number of carbonyl (C=O) groups is 1. The van der Waals surface area contributed by atoms with Crippen molar-refractivity contribution in [1.82, 2.24) is 5.06 Å². The average Bonchev–Trinajstić information content (AvgIpc) is 2.32. The number of hydrogen-bond donors (Lipinski definition) is 0. The molecule has 0 spiro atoms. The Kier molecular flexibility index (Phi) is 5.30. The lowest BCUT2D eigenvalue weighted by molar-refractivity contribution is -0.230. The van der Waals surface area contributed by atoms with Crippen LogP contribution in [0.25, 0.3) is 10.4 Å². The molecule has 1 atom stereocenters. The Morgan fingerprint density at radius 3 is 2.75 bits per heavy atom. The van der Waals surface area contributed by atoms with Crippen LogP contribution in [0.3, 0.4) is 0 Å². The van der Waals surface area contributed by atoms with Gasteiger partial charge in [0.15, 0.2) is 0 Å². The highest BCUT2D eigenvalue weighted by atomic mass is 19.3. The van der Waals surface area contributed by atoms with Crippen LogP contribution >= 0.6 is 0 Å². The molecule has 0 radical (unpaired) electrons. The smallest absolute Gasteiger partial charge is 0.330 e. The highest BCUT2D eigenvalue weighted by molar-refractivity contribution is 5.75. The Labute approximate surface area is 116 Å². The number of hydrogen-bond acceptors (Lipinski definition) is 4. The van der Waals surface area contributed by atoms with Crippen LogP contribution in [0.5, 0.6) is 0 Å². The molecule has 20 heavy (non-hydrogen) atoms. The Morgan fingerprint density at radius 2 is 2.20 bits per heavy atom. The van der Waals surface area contributed by atoms with Gasteiger partial charge in [-0.25, -0.2) is 13.6 Å². The first-order valence-corrected chi connectivity index (χ1v) is 6.53. The number of piperidine rings is 1. The summed E-state index contributed by atoms with van der Waals surface area (Å²) < 4.78 is 27.5. The molecule has 0 N–H and O–H groups in total. The topological polar surface area (TPSA) is 78.3 Å². The quantitative estimate of drug-likeness (QED) is 0.453. The van der Waals surface area contributed by atoms with Crippen molar-refractivity contribution in [2.45, 2.75) is 39.5 Å². The van der Waals surface area contributed by atoms with Gasteiger partial charge in [-0.2, -0.15) is 0 Å². The second-order valence-electron chi connectivity index (χ2n) is 5.97. The number of carbonyl (C=O) groups excluding carboxylic acids is 1. The number of nitrogens with zero attached hydrogens (tertiary/aromatic N) is 4. The molecule has 1 fully saturated rings. The number of azide groups is 1. The van der Waals surface area contributed by atoms with Crippen molar-refractivity contribution < 1.29 is 18.4 Å². The molecule has 0 amide bonds. The molecule has 114 valence electrons. The summed E-state index contributed by atoms with van der Waals surface area (Å²) in [4.78, 5) is 19.4. The fraction of sp³-hybridized carbons (Fsp3) is 0.917. The van der Waals surface area contributed by atoms with E-state index in [9.17, 15) is 13.6 Å². The van der Waals surface area contributed by atoms with E-state index in [1.165, 1.54) is 5.06 Å². The molecule has 0 aromatic heterocycles. The fourth-order valence-electron chi connectivity index (χ4n) is 1.85. The lowest BCUT2D eigenvalue weighted by atomic mass is 9.91. The molecule has 1 saturated heterocycles.